The van der Waals surface area contributed by atoms with Gasteiger partial charge in [0.1, 0.15) is 17.6 Å². The average molecular weight is 396 g/mol. The van der Waals surface area contributed by atoms with E-state index in [-0.39, 0.29) is 11.3 Å². The van der Waals surface area contributed by atoms with E-state index in [0.717, 1.165) is 5.56 Å². The number of Topliss-reactive ketones (excluding diaryl/α,β-unsaturated/α-hetero) is 1. The number of hydrogen-bond acceptors (Lipinski definition) is 6. The number of aliphatic hydroxyl groups is 1. The molecule has 1 amide bonds. The van der Waals surface area contributed by atoms with Gasteiger partial charge in [-0.15, -0.1) is 0 Å². The Bertz CT molecular complexity index is 939. The van der Waals surface area contributed by atoms with Crippen molar-refractivity contribution in [3.05, 3.63) is 65.0 Å². The number of pyridine rings is 1. The fourth-order valence-electron chi connectivity index (χ4n) is 3.52. The van der Waals surface area contributed by atoms with Crippen LogP contribution in [0.1, 0.15) is 29.3 Å². The van der Waals surface area contributed by atoms with Gasteiger partial charge >= 0.3 is 0 Å². The highest BCUT2D eigenvalue weighted by molar-refractivity contribution is 6.46. The van der Waals surface area contributed by atoms with Crippen molar-refractivity contribution in [2.75, 3.05) is 27.4 Å². The Morgan fingerprint density at radius 3 is 2.62 bits per heavy atom. The fraction of sp³-hybridized carbons (Fsp3) is 0.318. The van der Waals surface area contributed by atoms with Crippen LogP contribution in [0, 0.1) is 6.92 Å². The molecule has 2 aromatic rings. The second-order valence-corrected chi connectivity index (χ2v) is 6.78. The van der Waals surface area contributed by atoms with E-state index < -0.39 is 17.7 Å². The molecule has 1 atom stereocenters. The Morgan fingerprint density at radius 1 is 1.21 bits per heavy atom. The summed E-state index contributed by atoms with van der Waals surface area (Å²) in [5.41, 5.74) is 1.81. The molecule has 1 aromatic carbocycles. The Hall–Kier alpha value is -3.19. The van der Waals surface area contributed by atoms with Gasteiger partial charge in [-0.1, -0.05) is 6.07 Å². The molecule has 3 rings (SSSR count). The van der Waals surface area contributed by atoms with Gasteiger partial charge < -0.3 is 19.5 Å². The standard InChI is InChI=1S/C22H24N2O5/c1-14-13-15(8-9-17(14)29-3)20(25)18-19(16-7-4-5-10-23-16)24(11-6-12-28-2)22(27)21(18)26/h4-5,7-10,13,19,25H,6,11-12H2,1-3H3/b20-18-. The van der Waals surface area contributed by atoms with Gasteiger partial charge in [0.15, 0.2) is 0 Å². The maximum absolute atomic E-state index is 12.9. The lowest BCUT2D eigenvalue weighted by Crippen LogP contribution is -2.31. The average Bonchev–Trinajstić information content (AvgIpc) is 2.99. The highest BCUT2D eigenvalue weighted by Gasteiger charge is 2.46. The van der Waals surface area contributed by atoms with E-state index in [9.17, 15) is 14.7 Å². The van der Waals surface area contributed by atoms with E-state index in [1.165, 1.54) is 4.90 Å². The Kier molecular flexibility index (Phi) is 6.29. The van der Waals surface area contributed by atoms with Crippen LogP contribution in [-0.4, -0.2) is 54.1 Å². The van der Waals surface area contributed by atoms with Crippen molar-refractivity contribution in [1.82, 2.24) is 9.88 Å². The second-order valence-electron chi connectivity index (χ2n) is 6.78. The summed E-state index contributed by atoms with van der Waals surface area (Å²) in [6.45, 7) is 2.61. The van der Waals surface area contributed by atoms with E-state index in [1.807, 2.05) is 6.92 Å². The molecule has 2 heterocycles. The normalized spacial score (nSPS) is 18.3. The number of methoxy groups -OCH3 is 2. The lowest BCUT2D eigenvalue weighted by Gasteiger charge is -2.24. The van der Waals surface area contributed by atoms with Crippen LogP contribution in [0.5, 0.6) is 5.75 Å². The Morgan fingerprint density at radius 2 is 2.00 bits per heavy atom. The maximum atomic E-state index is 12.9. The first-order chi connectivity index (χ1) is 14.0. The molecule has 0 spiro atoms. The van der Waals surface area contributed by atoms with Gasteiger partial charge in [0.05, 0.1) is 18.4 Å². The topological polar surface area (TPSA) is 89.0 Å². The zero-order valence-corrected chi connectivity index (χ0v) is 16.7. The number of nitrogens with zero attached hydrogens (tertiary/aromatic N) is 2. The molecular weight excluding hydrogens is 372 g/mol. The van der Waals surface area contributed by atoms with Crippen molar-refractivity contribution in [2.45, 2.75) is 19.4 Å². The summed E-state index contributed by atoms with van der Waals surface area (Å²) in [5, 5.41) is 11.0. The molecule has 1 fully saturated rings. The number of aromatic nitrogens is 1. The minimum atomic E-state index is -0.754. The molecule has 0 saturated carbocycles. The third kappa shape index (κ3) is 4.00. The third-order valence-corrected chi connectivity index (χ3v) is 4.92. The summed E-state index contributed by atoms with van der Waals surface area (Å²) in [6.07, 6.45) is 2.16. The minimum absolute atomic E-state index is 0.0377. The monoisotopic (exact) mass is 396 g/mol. The maximum Gasteiger partial charge on any atom is 0.295 e. The highest BCUT2D eigenvalue weighted by atomic mass is 16.5. The van der Waals surface area contributed by atoms with Crippen molar-refractivity contribution >= 4 is 17.4 Å². The molecule has 1 aromatic heterocycles. The quantitative estimate of drug-likeness (QED) is 0.335. The number of rotatable bonds is 7. The van der Waals surface area contributed by atoms with Gasteiger partial charge in [-0.25, -0.2) is 0 Å². The molecule has 0 aliphatic carbocycles. The highest BCUT2D eigenvalue weighted by Crippen LogP contribution is 2.39. The van der Waals surface area contributed by atoms with Crippen molar-refractivity contribution in [3.8, 4) is 5.75 Å². The molecular formula is C22H24N2O5. The van der Waals surface area contributed by atoms with E-state index in [2.05, 4.69) is 4.98 Å². The zero-order valence-electron chi connectivity index (χ0n) is 16.7. The van der Waals surface area contributed by atoms with Crippen LogP contribution in [0.15, 0.2) is 48.2 Å². The Labute approximate surface area is 169 Å². The number of likely N-dealkylation sites (tertiary alicyclic amines) is 1. The Balaban J connectivity index is 2.11. The van der Waals surface area contributed by atoms with Crippen LogP contribution < -0.4 is 4.74 Å². The largest absolute Gasteiger partial charge is 0.507 e. The van der Waals surface area contributed by atoms with Crippen LogP contribution in [0.25, 0.3) is 5.76 Å². The molecule has 1 unspecified atom stereocenters. The molecule has 1 aliphatic heterocycles. The van der Waals surface area contributed by atoms with Gasteiger partial charge in [0.2, 0.25) is 0 Å². The predicted molar refractivity (Wildman–Crippen MR) is 107 cm³/mol. The number of amides is 1. The number of ketones is 1. The van der Waals surface area contributed by atoms with Gasteiger partial charge in [-0.3, -0.25) is 14.6 Å². The molecule has 1 saturated heterocycles. The zero-order chi connectivity index (χ0) is 21.0. The first kappa shape index (κ1) is 20.5. The summed E-state index contributed by atoms with van der Waals surface area (Å²) in [4.78, 5) is 31.4. The molecule has 29 heavy (non-hydrogen) atoms. The van der Waals surface area contributed by atoms with Gasteiger partial charge in [0, 0.05) is 32.0 Å². The van der Waals surface area contributed by atoms with Crippen molar-refractivity contribution in [3.63, 3.8) is 0 Å². The van der Waals surface area contributed by atoms with Gasteiger partial charge in [0.25, 0.3) is 11.7 Å². The van der Waals surface area contributed by atoms with Gasteiger partial charge in [-0.2, -0.15) is 0 Å². The molecule has 0 bridgehead atoms. The first-order valence-electron chi connectivity index (χ1n) is 9.33. The lowest BCUT2D eigenvalue weighted by molar-refractivity contribution is -0.140. The summed E-state index contributed by atoms with van der Waals surface area (Å²) < 4.78 is 10.3. The number of benzene rings is 1. The lowest BCUT2D eigenvalue weighted by atomic mass is 9.97. The van der Waals surface area contributed by atoms with Crippen LogP contribution in [0.3, 0.4) is 0 Å². The van der Waals surface area contributed by atoms with Crippen molar-refractivity contribution < 1.29 is 24.2 Å². The number of ether oxygens (including phenoxy) is 2. The minimum Gasteiger partial charge on any atom is -0.507 e. The molecule has 7 nitrogen and oxygen atoms in total. The van der Waals surface area contributed by atoms with Crippen LogP contribution >= 0.6 is 0 Å². The summed E-state index contributed by atoms with van der Waals surface area (Å²) in [7, 11) is 3.14. The van der Waals surface area contributed by atoms with E-state index in [0.29, 0.717) is 36.6 Å². The third-order valence-electron chi connectivity index (χ3n) is 4.92. The van der Waals surface area contributed by atoms with Crippen LogP contribution in [0.4, 0.5) is 0 Å². The number of hydrogen-bond donors (Lipinski definition) is 1. The van der Waals surface area contributed by atoms with E-state index in [4.69, 9.17) is 9.47 Å². The molecule has 1 aliphatic rings. The van der Waals surface area contributed by atoms with Crippen LogP contribution in [-0.2, 0) is 14.3 Å². The van der Waals surface area contributed by atoms with E-state index in [1.54, 1.807) is 56.8 Å². The van der Waals surface area contributed by atoms with Crippen molar-refractivity contribution in [1.29, 1.82) is 0 Å². The molecule has 1 N–H and O–H groups in total. The first-order valence-corrected chi connectivity index (χ1v) is 9.33. The fourth-order valence-corrected chi connectivity index (χ4v) is 3.52. The molecule has 152 valence electrons. The van der Waals surface area contributed by atoms with E-state index >= 15 is 0 Å². The number of carbonyl (C=O) groups is 2. The smallest absolute Gasteiger partial charge is 0.295 e. The van der Waals surface area contributed by atoms with Crippen molar-refractivity contribution in [2.24, 2.45) is 0 Å². The number of carbonyl (C=O) groups excluding carboxylic acids is 2. The number of aryl methyl sites for hydroxylation is 1. The molecule has 7 heteroatoms. The number of aliphatic hydroxyl groups excluding tert-OH is 1. The summed E-state index contributed by atoms with van der Waals surface area (Å²) in [6, 6.07) is 9.64. The van der Waals surface area contributed by atoms with Gasteiger partial charge in [-0.05, 0) is 49.2 Å². The summed E-state index contributed by atoms with van der Waals surface area (Å²) in [5.74, 6) is -0.922. The van der Waals surface area contributed by atoms with Crippen LogP contribution in [0.2, 0.25) is 0 Å². The summed E-state index contributed by atoms with van der Waals surface area (Å²) >= 11 is 0. The SMILES string of the molecule is COCCCN1C(=O)C(=O)/C(=C(\O)c2ccc(OC)c(C)c2)C1c1ccccn1. The second kappa shape index (κ2) is 8.87. The molecule has 0 radical (unpaired) electrons. The predicted octanol–water partition coefficient (Wildman–Crippen LogP) is 2.86.